The lowest BCUT2D eigenvalue weighted by atomic mass is 10.2. The number of sulfonamides is 1. The zero-order valence-corrected chi connectivity index (χ0v) is 15.1. The van der Waals surface area contributed by atoms with Gasteiger partial charge in [-0.15, -0.1) is 11.3 Å². The van der Waals surface area contributed by atoms with Crippen LogP contribution in [0.3, 0.4) is 0 Å². The normalized spacial score (nSPS) is 11.5. The molecule has 8 heteroatoms. The van der Waals surface area contributed by atoms with Crippen LogP contribution in [0.25, 0.3) is 10.1 Å². The minimum atomic E-state index is -3.36. The first-order chi connectivity index (χ1) is 11.8. The van der Waals surface area contributed by atoms with E-state index in [2.05, 4.69) is 5.32 Å². The van der Waals surface area contributed by atoms with Crippen LogP contribution in [-0.4, -0.2) is 27.6 Å². The molecule has 5 nitrogen and oxygen atoms in total. The van der Waals surface area contributed by atoms with Gasteiger partial charge in [0.05, 0.1) is 22.5 Å². The first-order valence-corrected chi connectivity index (χ1v) is 9.95. The van der Waals surface area contributed by atoms with Crippen LogP contribution in [0.15, 0.2) is 48.5 Å². The van der Waals surface area contributed by atoms with E-state index in [-0.39, 0.29) is 5.69 Å². The summed E-state index contributed by atoms with van der Waals surface area (Å²) in [5.41, 5.74) is 0.622. The van der Waals surface area contributed by atoms with Gasteiger partial charge in [-0.25, -0.2) is 12.8 Å². The van der Waals surface area contributed by atoms with Crippen molar-refractivity contribution in [1.29, 1.82) is 0 Å². The summed E-state index contributed by atoms with van der Waals surface area (Å²) in [5.74, 6) is -0.918. The molecule has 0 aliphatic carbocycles. The molecule has 25 heavy (non-hydrogen) atoms. The Bertz CT molecular complexity index is 1060. The summed E-state index contributed by atoms with van der Waals surface area (Å²) in [5, 5.41) is 3.29. The summed E-state index contributed by atoms with van der Waals surface area (Å²) in [6.45, 7) is 0. The van der Waals surface area contributed by atoms with Gasteiger partial charge in [0.2, 0.25) is 10.0 Å². The van der Waals surface area contributed by atoms with Crippen molar-refractivity contribution < 1.29 is 17.6 Å². The Labute approximate surface area is 148 Å². The van der Waals surface area contributed by atoms with Crippen molar-refractivity contribution in [1.82, 2.24) is 0 Å². The van der Waals surface area contributed by atoms with Crippen LogP contribution in [0, 0.1) is 5.82 Å². The number of rotatable bonds is 4. The highest BCUT2D eigenvalue weighted by atomic mass is 32.2. The van der Waals surface area contributed by atoms with E-state index in [1.165, 1.54) is 34.8 Å². The molecule has 0 aliphatic heterocycles. The molecule has 0 spiro atoms. The molecule has 0 atom stereocenters. The van der Waals surface area contributed by atoms with E-state index in [4.69, 9.17) is 0 Å². The third kappa shape index (κ3) is 3.64. The number of anilines is 2. The molecule has 130 valence electrons. The molecule has 1 aromatic heterocycles. The predicted octanol–water partition coefficient (Wildman–Crippen LogP) is 3.69. The third-order valence-corrected chi connectivity index (χ3v) is 6.03. The van der Waals surface area contributed by atoms with Gasteiger partial charge in [0.1, 0.15) is 5.82 Å². The van der Waals surface area contributed by atoms with E-state index in [9.17, 15) is 17.6 Å². The molecule has 0 fully saturated rings. The number of amides is 1. The van der Waals surface area contributed by atoms with E-state index < -0.39 is 21.7 Å². The largest absolute Gasteiger partial charge is 0.319 e. The SMILES string of the molecule is CN(c1ccc2sc(C(=O)Nc3ccccc3F)cc2c1)S(C)(=O)=O. The second kappa shape index (κ2) is 6.45. The van der Waals surface area contributed by atoms with E-state index in [1.54, 1.807) is 36.4 Å². The van der Waals surface area contributed by atoms with Crippen LogP contribution in [0.1, 0.15) is 9.67 Å². The van der Waals surface area contributed by atoms with Crippen molar-refractivity contribution in [2.24, 2.45) is 0 Å². The second-order valence-electron chi connectivity index (χ2n) is 5.50. The standard InChI is InChI=1S/C17H15FN2O3S2/c1-20(25(2,22)23)12-7-8-15-11(9-12)10-16(24-15)17(21)19-14-6-4-3-5-13(14)18/h3-10H,1-2H3,(H,19,21). The van der Waals surface area contributed by atoms with Crippen molar-refractivity contribution in [3.8, 4) is 0 Å². The number of carbonyl (C=O) groups excluding carboxylic acids is 1. The number of para-hydroxylation sites is 1. The topological polar surface area (TPSA) is 66.5 Å². The van der Waals surface area contributed by atoms with E-state index in [0.29, 0.717) is 10.6 Å². The maximum atomic E-state index is 13.6. The maximum absolute atomic E-state index is 13.6. The molecule has 0 bridgehead atoms. The van der Waals surface area contributed by atoms with Gasteiger partial charge in [-0.3, -0.25) is 9.10 Å². The zero-order valence-electron chi connectivity index (χ0n) is 13.5. The van der Waals surface area contributed by atoms with Crippen LogP contribution in [0.2, 0.25) is 0 Å². The van der Waals surface area contributed by atoms with Crippen LogP contribution < -0.4 is 9.62 Å². The number of carbonyl (C=O) groups is 1. The smallest absolute Gasteiger partial charge is 0.265 e. The van der Waals surface area contributed by atoms with Gasteiger partial charge in [-0.1, -0.05) is 12.1 Å². The Morgan fingerprint density at radius 2 is 1.88 bits per heavy atom. The molecule has 1 amide bonds. The lowest BCUT2D eigenvalue weighted by Crippen LogP contribution is -2.24. The average Bonchev–Trinajstić information content (AvgIpc) is 2.98. The molecule has 0 radical (unpaired) electrons. The number of benzene rings is 2. The van der Waals surface area contributed by atoms with Gasteiger partial charge in [-0.05, 0) is 41.8 Å². The maximum Gasteiger partial charge on any atom is 0.265 e. The van der Waals surface area contributed by atoms with E-state index in [0.717, 1.165) is 16.3 Å². The molecular formula is C17H15FN2O3S2. The highest BCUT2D eigenvalue weighted by Gasteiger charge is 2.15. The van der Waals surface area contributed by atoms with Crippen molar-refractivity contribution in [3.63, 3.8) is 0 Å². The molecule has 1 heterocycles. The minimum absolute atomic E-state index is 0.113. The van der Waals surface area contributed by atoms with Crippen molar-refractivity contribution in [2.75, 3.05) is 22.9 Å². The predicted molar refractivity (Wildman–Crippen MR) is 99.4 cm³/mol. The molecule has 3 aromatic rings. The van der Waals surface area contributed by atoms with Crippen LogP contribution >= 0.6 is 11.3 Å². The molecule has 0 aliphatic rings. The van der Waals surface area contributed by atoms with E-state index >= 15 is 0 Å². The number of nitrogens with zero attached hydrogens (tertiary/aromatic N) is 1. The Morgan fingerprint density at radius 1 is 1.16 bits per heavy atom. The monoisotopic (exact) mass is 378 g/mol. The Kier molecular flexibility index (Phi) is 4.49. The van der Waals surface area contributed by atoms with Gasteiger partial charge < -0.3 is 5.32 Å². The van der Waals surface area contributed by atoms with Crippen LogP contribution in [-0.2, 0) is 10.0 Å². The first-order valence-electron chi connectivity index (χ1n) is 7.29. The first kappa shape index (κ1) is 17.4. The summed E-state index contributed by atoms with van der Waals surface area (Å²) < 4.78 is 38.9. The molecule has 3 rings (SSSR count). The van der Waals surface area contributed by atoms with E-state index in [1.807, 2.05) is 0 Å². The molecule has 1 N–H and O–H groups in total. The number of fused-ring (bicyclic) bond motifs is 1. The van der Waals surface area contributed by atoms with Gasteiger partial charge in [0, 0.05) is 11.7 Å². The van der Waals surface area contributed by atoms with Gasteiger partial charge in [-0.2, -0.15) is 0 Å². The quantitative estimate of drug-likeness (QED) is 0.753. The highest BCUT2D eigenvalue weighted by molar-refractivity contribution is 7.92. The van der Waals surface area contributed by atoms with Gasteiger partial charge in [0.15, 0.2) is 0 Å². The Hall–Kier alpha value is -2.45. The molecule has 2 aromatic carbocycles. The molecule has 0 saturated carbocycles. The van der Waals surface area contributed by atoms with Crippen molar-refractivity contribution >= 4 is 48.7 Å². The van der Waals surface area contributed by atoms with Crippen LogP contribution in [0.5, 0.6) is 0 Å². The third-order valence-electron chi connectivity index (χ3n) is 3.71. The van der Waals surface area contributed by atoms with Gasteiger partial charge >= 0.3 is 0 Å². The lowest BCUT2D eigenvalue weighted by Gasteiger charge is -2.16. The van der Waals surface area contributed by atoms with Crippen LogP contribution in [0.4, 0.5) is 15.8 Å². The minimum Gasteiger partial charge on any atom is -0.319 e. The molecule has 0 saturated heterocycles. The Morgan fingerprint density at radius 3 is 2.56 bits per heavy atom. The van der Waals surface area contributed by atoms with Gasteiger partial charge in [0.25, 0.3) is 5.91 Å². The fourth-order valence-corrected chi connectivity index (χ4v) is 3.71. The number of hydrogen-bond acceptors (Lipinski definition) is 4. The summed E-state index contributed by atoms with van der Waals surface area (Å²) in [6, 6.07) is 12.7. The fourth-order valence-electron chi connectivity index (χ4n) is 2.28. The number of nitrogens with one attached hydrogen (secondary N) is 1. The molecular weight excluding hydrogens is 363 g/mol. The summed E-state index contributed by atoms with van der Waals surface area (Å²) in [6.07, 6.45) is 1.12. The lowest BCUT2D eigenvalue weighted by molar-refractivity contribution is 0.103. The summed E-state index contributed by atoms with van der Waals surface area (Å²) in [7, 11) is -1.90. The number of thiophene rings is 1. The summed E-state index contributed by atoms with van der Waals surface area (Å²) >= 11 is 1.26. The molecule has 0 unspecified atom stereocenters. The fraction of sp³-hybridized carbons (Fsp3) is 0.118. The number of halogens is 1. The number of hydrogen-bond donors (Lipinski definition) is 1. The van der Waals surface area contributed by atoms with Crippen molar-refractivity contribution in [3.05, 3.63) is 59.2 Å². The summed E-state index contributed by atoms with van der Waals surface area (Å²) in [4.78, 5) is 12.8. The average molecular weight is 378 g/mol. The van der Waals surface area contributed by atoms with Crippen molar-refractivity contribution in [2.45, 2.75) is 0 Å². The second-order valence-corrected chi connectivity index (χ2v) is 8.59. The highest BCUT2D eigenvalue weighted by Crippen LogP contribution is 2.30. The zero-order chi connectivity index (χ0) is 18.2. The Balaban J connectivity index is 1.91.